The van der Waals surface area contributed by atoms with Gasteiger partial charge < -0.3 is 9.84 Å². The van der Waals surface area contributed by atoms with E-state index in [0.29, 0.717) is 13.2 Å². The number of hydrogen-bond acceptors (Lipinski definition) is 4. The van der Waals surface area contributed by atoms with Crippen LogP contribution in [0.15, 0.2) is 0 Å². The van der Waals surface area contributed by atoms with Crippen molar-refractivity contribution in [3.8, 4) is 0 Å². The Morgan fingerprint density at radius 2 is 2.47 bits per heavy atom. The van der Waals surface area contributed by atoms with Crippen molar-refractivity contribution in [2.75, 3.05) is 26.3 Å². The van der Waals surface area contributed by atoms with Gasteiger partial charge in [-0.15, -0.1) is 0 Å². The molecule has 1 rings (SSSR count). The Kier molecular flexibility index (Phi) is 5.42. The summed E-state index contributed by atoms with van der Waals surface area (Å²) in [7, 11) is 0. The topological polar surface area (TPSA) is 61.8 Å². The number of amides is 1. The highest BCUT2D eigenvalue weighted by atomic mass is 16.6. The molecular formula is C10H20N2O3. The first-order valence-corrected chi connectivity index (χ1v) is 5.55. The van der Waals surface area contributed by atoms with Crippen molar-refractivity contribution in [2.24, 2.45) is 5.92 Å². The smallest absolute Gasteiger partial charge is 0.421 e. The van der Waals surface area contributed by atoms with E-state index in [1.165, 1.54) is 0 Å². The second-order valence-corrected chi connectivity index (χ2v) is 3.88. The molecule has 88 valence electrons. The van der Waals surface area contributed by atoms with Gasteiger partial charge in [-0.1, -0.05) is 13.3 Å². The third kappa shape index (κ3) is 4.48. The minimum absolute atomic E-state index is 0.184. The lowest BCUT2D eigenvalue weighted by atomic mass is 10.1. The molecule has 2 N–H and O–H groups in total. The molecule has 0 aromatic rings. The maximum atomic E-state index is 11.2. The quantitative estimate of drug-likeness (QED) is 0.665. The minimum atomic E-state index is -0.387. The third-order valence-corrected chi connectivity index (χ3v) is 2.52. The van der Waals surface area contributed by atoms with Crippen LogP contribution in [-0.4, -0.2) is 42.5 Å². The maximum absolute atomic E-state index is 11.2. The maximum Gasteiger partial charge on any atom is 0.421 e. The fourth-order valence-corrected chi connectivity index (χ4v) is 1.55. The number of hydrogen-bond donors (Lipinski definition) is 2. The number of hydrazine groups is 1. The van der Waals surface area contributed by atoms with E-state index in [1.54, 1.807) is 5.01 Å². The summed E-state index contributed by atoms with van der Waals surface area (Å²) < 4.78 is 4.96. The third-order valence-electron chi connectivity index (χ3n) is 2.52. The molecule has 5 heteroatoms. The van der Waals surface area contributed by atoms with Crippen LogP contribution in [0.25, 0.3) is 0 Å². The monoisotopic (exact) mass is 216 g/mol. The SMILES string of the molecule is CCCCOC(=O)NN1CCC(CO)C1. The summed E-state index contributed by atoms with van der Waals surface area (Å²) in [6.45, 7) is 4.20. The number of rotatable bonds is 5. The van der Waals surface area contributed by atoms with E-state index in [9.17, 15) is 4.79 Å². The van der Waals surface area contributed by atoms with Crippen molar-refractivity contribution in [1.29, 1.82) is 0 Å². The van der Waals surface area contributed by atoms with E-state index in [4.69, 9.17) is 9.84 Å². The molecule has 0 radical (unpaired) electrons. The predicted molar refractivity (Wildman–Crippen MR) is 56.2 cm³/mol. The predicted octanol–water partition coefficient (Wildman–Crippen LogP) is 0.742. The van der Waals surface area contributed by atoms with Gasteiger partial charge in [-0.25, -0.2) is 9.80 Å². The van der Waals surface area contributed by atoms with E-state index < -0.39 is 0 Å². The summed E-state index contributed by atoms with van der Waals surface area (Å²) in [5.74, 6) is 0.279. The van der Waals surface area contributed by atoms with Crippen molar-refractivity contribution in [1.82, 2.24) is 10.4 Å². The van der Waals surface area contributed by atoms with Crippen LogP contribution in [0.4, 0.5) is 4.79 Å². The molecule has 1 amide bonds. The van der Waals surface area contributed by atoms with Crippen LogP contribution in [0.1, 0.15) is 26.2 Å². The van der Waals surface area contributed by atoms with Crippen LogP contribution in [-0.2, 0) is 4.74 Å². The van der Waals surface area contributed by atoms with Crippen LogP contribution in [0.2, 0.25) is 0 Å². The number of ether oxygens (including phenoxy) is 1. The van der Waals surface area contributed by atoms with Gasteiger partial charge in [0.1, 0.15) is 0 Å². The average Bonchev–Trinajstić information content (AvgIpc) is 2.66. The first-order chi connectivity index (χ1) is 7.26. The highest BCUT2D eigenvalue weighted by Crippen LogP contribution is 2.12. The van der Waals surface area contributed by atoms with Gasteiger partial charge in [-0.05, 0) is 18.8 Å². The molecule has 1 aliphatic heterocycles. The van der Waals surface area contributed by atoms with Crippen LogP contribution in [0, 0.1) is 5.92 Å². The molecule has 1 saturated heterocycles. The Hall–Kier alpha value is -0.810. The Morgan fingerprint density at radius 1 is 1.67 bits per heavy atom. The Bertz CT molecular complexity index is 199. The van der Waals surface area contributed by atoms with Gasteiger partial charge in [0.2, 0.25) is 0 Å². The van der Waals surface area contributed by atoms with E-state index in [1.807, 2.05) is 6.92 Å². The first kappa shape index (κ1) is 12.3. The van der Waals surface area contributed by atoms with Crippen LogP contribution < -0.4 is 5.43 Å². The molecule has 0 aromatic heterocycles. The second-order valence-electron chi connectivity index (χ2n) is 3.88. The number of carbonyl (C=O) groups is 1. The standard InChI is InChI=1S/C10H20N2O3/c1-2-3-6-15-10(14)11-12-5-4-9(7-12)8-13/h9,13H,2-8H2,1H3,(H,11,14). The number of carbonyl (C=O) groups excluding carboxylic acids is 1. The lowest BCUT2D eigenvalue weighted by Gasteiger charge is -2.16. The molecular weight excluding hydrogens is 196 g/mol. The molecule has 1 heterocycles. The zero-order valence-corrected chi connectivity index (χ0v) is 9.24. The molecule has 15 heavy (non-hydrogen) atoms. The van der Waals surface area contributed by atoms with E-state index in [2.05, 4.69) is 5.43 Å². The van der Waals surface area contributed by atoms with Crippen molar-refractivity contribution >= 4 is 6.09 Å². The van der Waals surface area contributed by atoms with Gasteiger partial charge >= 0.3 is 6.09 Å². The Labute approximate surface area is 90.4 Å². The molecule has 5 nitrogen and oxygen atoms in total. The Balaban J connectivity index is 2.10. The zero-order valence-electron chi connectivity index (χ0n) is 9.24. The number of aliphatic hydroxyl groups is 1. The van der Waals surface area contributed by atoms with Crippen LogP contribution in [0.5, 0.6) is 0 Å². The summed E-state index contributed by atoms with van der Waals surface area (Å²) in [6, 6.07) is 0. The molecule has 0 aliphatic carbocycles. The molecule has 0 saturated carbocycles. The highest BCUT2D eigenvalue weighted by Gasteiger charge is 2.23. The van der Waals surface area contributed by atoms with E-state index in [0.717, 1.165) is 25.8 Å². The van der Waals surface area contributed by atoms with E-state index in [-0.39, 0.29) is 18.6 Å². The summed E-state index contributed by atoms with van der Waals surface area (Å²) in [6.07, 6.45) is 2.45. The zero-order chi connectivity index (χ0) is 11.1. The average molecular weight is 216 g/mol. The number of nitrogens with zero attached hydrogens (tertiary/aromatic N) is 1. The molecule has 1 unspecified atom stereocenters. The van der Waals surface area contributed by atoms with Gasteiger partial charge in [0, 0.05) is 19.7 Å². The van der Waals surface area contributed by atoms with Gasteiger partial charge in [-0.3, -0.25) is 5.43 Å². The lowest BCUT2D eigenvalue weighted by Crippen LogP contribution is -2.41. The fourth-order valence-electron chi connectivity index (χ4n) is 1.55. The largest absolute Gasteiger partial charge is 0.449 e. The number of nitrogens with one attached hydrogen (secondary N) is 1. The van der Waals surface area contributed by atoms with Crippen LogP contribution in [0.3, 0.4) is 0 Å². The fraction of sp³-hybridized carbons (Fsp3) is 0.900. The van der Waals surface area contributed by atoms with E-state index >= 15 is 0 Å². The molecule has 1 atom stereocenters. The summed E-state index contributed by atoms with van der Waals surface area (Å²) in [5.41, 5.74) is 2.66. The van der Waals surface area contributed by atoms with Gasteiger partial charge in [0.25, 0.3) is 0 Å². The highest BCUT2D eigenvalue weighted by molar-refractivity contribution is 5.66. The number of unbranched alkanes of at least 4 members (excludes halogenated alkanes) is 1. The second kappa shape index (κ2) is 6.63. The molecule has 0 aromatic carbocycles. The normalized spacial score (nSPS) is 21.6. The van der Waals surface area contributed by atoms with Crippen LogP contribution >= 0.6 is 0 Å². The van der Waals surface area contributed by atoms with Gasteiger partial charge in [-0.2, -0.15) is 0 Å². The summed E-state index contributed by atoms with van der Waals surface area (Å²) >= 11 is 0. The first-order valence-electron chi connectivity index (χ1n) is 5.55. The van der Waals surface area contributed by atoms with Gasteiger partial charge in [0.05, 0.1) is 6.61 Å². The minimum Gasteiger partial charge on any atom is -0.449 e. The van der Waals surface area contributed by atoms with Crippen molar-refractivity contribution in [3.63, 3.8) is 0 Å². The van der Waals surface area contributed by atoms with Gasteiger partial charge in [0.15, 0.2) is 0 Å². The summed E-state index contributed by atoms with van der Waals surface area (Å²) in [4.78, 5) is 11.2. The van der Waals surface area contributed by atoms with Crippen molar-refractivity contribution in [2.45, 2.75) is 26.2 Å². The molecule has 0 spiro atoms. The molecule has 0 bridgehead atoms. The number of aliphatic hydroxyl groups excluding tert-OH is 1. The lowest BCUT2D eigenvalue weighted by molar-refractivity contribution is 0.110. The molecule has 1 aliphatic rings. The summed E-state index contributed by atoms with van der Waals surface area (Å²) in [5, 5.41) is 10.7. The molecule has 1 fully saturated rings. The van der Waals surface area contributed by atoms with Crippen molar-refractivity contribution in [3.05, 3.63) is 0 Å². The Morgan fingerprint density at radius 3 is 3.07 bits per heavy atom. The van der Waals surface area contributed by atoms with Crippen molar-refractivity contribution < 1.29 is 14.6 Å².